The summed E-state index contributed by atoms with van der Waals surface area (Å²) in [6.45, 7) is 2.27. The van der Waals surface area contributed by atoms with Gasteiger partial charge in [-0.2, -0.15) is 0 Å². The summed E-state index contributed by atoms with van der Waals surface area (Å²) < 4.78 is 0. The lowest BCUT2D eigenvalue weighted by molar-refractivity contribution is 0.475. The van der Waals surface area contributed by atoms with Crippen molar-refractivity contribution in [2.45, 2.75) is 50.7 Å². The van der Waals surface area contributed by atoms with Gasteiger partial charge >= 0.3 is 0 Å². The number of fused-ring (bicyclic) bond motifs is 1. The third-order valence-electron chi connectivity index (χ3n) is 4.26. The minimum Gasteiger partial charge on any atom is -0.324 e. The lowest BCUT2D eigenvalue weighted by Gasteiger charge is -2.13. The van der Waals surface area contributed by atoms with Gasteiger partial charge in [-0.15, -0.1) is 0 Å². The molecule has 2 aliphatic carbocycles. The van der Waals surface area contributed by atoms with Gasteiger partial charge in [-0.25, -0.2) is 0 Å². The van der Waals surface area contributed by atoms with Crippen LogP contribution < -0.4 is 11.1 Å². The highest BCUT2D eigenvalue weighted by Gasteiger charge is 2.39. The fraction of sp³-hybridized carbons (Fsp3) is 0.600. The second-order valence-electron chi connectivity index (χ2n) is 5.58. The van der Waals surface area contributed by atoms with E-state index >= 15 is 0 Å². The van der Waals surface area contributed by atoms with Crippen molar-refractivity contribution in [2.24, 2.45) is 11.7 Å². The molecular formula is C15H22N2. The largest absolute Gasteiger partial charge is 0.324 e. The molecule has 4 unspecified atom stereocenters. The Morgan fingerprint density at radius 2 is 2.00 bits per heavy atom. The summed E-state index contributed by atoms with van der Waals surface area (Å²) in [5, 5.41) is 3.79. The second kappa shape index (κ2) is 4.43. The summed E-state index contributed by atoms with van der Waals surface area (Å²) in [6.07, 6.45) is 5.11. The number of nitrogens with one attached hydrogen (secondary N) is 1. The van der Waals surface area contributed by atoms with Crippen molar-refractivity contribution in [3.8, 4) is 0 Å². The molecule has 0 aromatic heterocycles. The first-order valence-electron chi connectivity index (χ1n) is 6.90. The van der Waals surface area contributed by atoms with Crippen molar-refractivity contribution >= 4 is 0 Å². The number of rotatable bonds is 4. The first-order chi connectivity index (χ1) is 8.29. The van der Waals surface area contributed by atoms with Crippen LogP contribution in [-0.4, -0.2) is 6.04 Å². The molecule has 3 N–H and O–H groups in total. The molecule has 1 fully saturated rings. The van der Waals surface area contributed by atoms with Crippen LogP contribution in [0.5, 0.6) is 0 Å². The van der Waals surface area contributed by atoms with Gasteiger partial charge in [0.05, 0.1) is 0 Å². The first-order valence-corrected chi connectivity index (χ1v) is 6.90. The molecule has 92 valence electrons. The molecule has 1 saturated carbocycles. The zero-order chi connectivity index (χ0) is 11.8. The van der Waals surface area contributed by atoms with Gasteiger partial charge in [-0.3, -0.25) is 0 Å². The average molecular weight is 230 g/mol. The van der Waals surface area contributed by atoms with Gasteiger partial charge in [0, 0.05) is 18.1 Å². The lowest BCUT2D eigenvalue weighted by Crippen LogP contribution is -2.23. The van der Waals surface area contributed by atoms with Crippen LogP contribution in [0.3, 0.4) is 0 Å². The van der Waals surface area contributed by atoms with Gasteiger partial charge in [0.2, 0.25) is 0 Å². The van der Waals surface area contributed by atoms with Crippen LogP contribution in [0.15, 0.2) is 24.3 Å². The normalized spacial score (nSPS) is 34.7. The molecule has 4 atom stereocenters. The van der Waals surface area contributed by atoms with E-state index in [4.69, 9.17) is 5.73 Å². The van der Waals surface area contributed by atoms with E-state index in [1.807, 2.05) is 0 Å². The summed E-state index contributed by atoms with van der Waals surface area (Å²) in [7, 11) is 0. The maximum atomic E-state index is 6.19. The van der Waals surface area contributed by atoms with Crippen LogP contribution in [0, 0.1) is 5.92 Å². The van der Waals surface area contributed by atoms with Crippen molar-refractivity contribution in [1.82, 2.24) is 5.32 Å². The molecule has 0 heterocycles. The number of hydrogen-bond donors (Lipinski definition) is 2. The fourth-order valence-corrected chi connectivity index (χ4v) is 3.23. The number of nitrogens with two attached hydrogens (primary N) is 1. The highest BCUT2D eigenvalue weighted by molar-refractivity contribution is 5.37. The minimum atomic E-state index is 0.229. The minimum absolute atomic E-state index is 0.229. The SMILES string of the molecule is CCCC1CC1NC1CC(N)c2ccccc21. The molecule has 0 spiro atoms. The number of benzene rings is 1. The highest BCUT2D eigenvalue weighted by atomic mass is 15.0. The highest BCUT2D eigenvalue weighted by Crippen LogP contribution is 2.42. The predicted molar refractivity (Wildman–Crippen MR) is 70.7 cm³/mol. The van der Waals surface area contributed by atoms with Crippen LogP contribution in [0.25, 0.3) is 0 Å². The van der Waals surface area contributed by atoms with Crippen LogP contribution >= 0.6 is 0 Å². The van der Waals surface area contributed by atoms with Crippen molar-refractivity contribution in [1.29, 1.82) is 0 Å². The summed E-state index contributed by atoms with van der Waals surface area (Å²) in [5.41, 5.74) is 8.96. The number of hydrogen-bond acceptors (Lipinski definition) is 2. The molecule has 0 amide bonds. The van der Waals surface area contributed by atoms with E-state index in [9.17, 15) is 0 Å². The van der Waals surface area contributed by atoms with Crippen LogP contribution in [0.1, 0.15) is 55.8 Å². The summed E-state index contributed by atoms with van der Waals surface area (Å²) in [4.78, 5) is 0. The van der Waals surface area contributed by atoms with Gasteiger partial charge in [0.25, 0.3) is 0 Å². The zero-order valence-corrected chi connectivity index (χ0v) is 10.5. The maximum Gasteiger partial charge on any atom is 0.0344 e. The van der Waals surface area contributed by atoms with Crippen molar-refractivity contribution in [3.63, 3.8) is 0 Å². The standard InChI is InChI=1S/C15H22N2/c1-2-5-10-8-14(10)17-15-9-13(16)11-6-3-4-7-12(11)15/h3-4,6-7,10,13-15,17H,2,5,8-9,16H2,1H3. The molecule has 2 heteroatoms. The second-order valence-corrected chi connectivity index (χ2v) is 5.58. The molecule has 2 aliphatic rings. The Labute approximate surface area is 104 Å². The molecule has 0 radical (unpaired) electrons. The zero-order valence-electron chi connectivity index (χ0n) is 10.5. The molecular weight excluding hydrogens is 208 g/mol. The summed E-state index contributed by atoms with van der Waals surface area (Å²) in [6, 6.07) is 10.1. The third-order valence-corrected chi connectivity index (χ3v) is 4.26. The van der Waals surface area contributed by atoms with E-state index in [-0.39, 0.29) is 6.04 Å². The van der Waals surface area contributed by atoms with E-state index in [0.29, 0.717) is 6.04 Å². The van der Waals surface area contributed by atoms with Gasteiger partial charge < -0.3 is 11.1 Å². The van der Waals surface area contributed by atoms with Crippen molar-refractivity contribution in [3.05, 3.63) is 35.4 Å². The van der Waals surface area contributed by atoms with E-state index in [1.165, 1.54) is 30.4 Å². The topological polar surface area (TPSA) is 38.0 Å². The first kappa shape index (κ1) is 11.2. The van der Waals surface area contributed by atoms with E-state index in [0.717, 1.165) is 18.4 Å². The maximum absolute atomic E-state index is 6.19. The molecule has 3 rings (SSSR count). The molecule has 1 aromatic rings. The Morgan fingerprint density at radius 3 is 2.76 bits per heavy atom. The Balaban J connectivity index is 1.67. The third kappa shape index (κ3) is 2.12. The molecule has 17 heavy (non-hydrogen) atoms. The van der Waals surface area contributed by atoms with Crippen LogP contribution in [0.4, 0.5) is 0 Å². The quantitative estimate of drug-likeness (QED) is 0.834. The van der Waals surface area contributed by atoms with Gasteiger partial charge in [0.1, 0.15) is 0 Å². The van der Waals surface area contributed by atoms with E-state index in [1.54, 1.807) is 0 Å². The predicted octanol–water partition coefficient (Wildman–Crippen LogP) is 2.91. The van der Waals surface area contributed by atoms with Gasteiger partial charge in [-0.1, -0.05) is 37.6 Å². The molecule has 2 nitrogen and oxygen atoms in total. The fourth-order valence-electron chi connectivity index (χ4n) is 3.23. The molecule has 0 bridgehead atoms. The summed E-state index contributed by atoms with van der Waals surface area (Å²) in [5.74, 6) is 0.920. The Kier molecular flexibility index (Phi) is 2.93. The molecule has 0 aliphatic heterocycles. The van der Waals surface area contributed by atoms with E-state index < -0.39 is 0 Å². The van der Waals surface area contributed by atoms with Crippen molar-refractivity contribution in [2.75, 3.05) is 0 Å². The lowest BCUT2D eigenvalue weighted by atomic mass is 10.1. The van der Waals surface area contributed by atoms with Crippen LogP contribution in [-0.2, 0) is 0 Å². The Bertz CT molecular complexity index is 402. The van der Waals surface area contributed by atoms with Crippen molar-refractivity contribution < 1.29 is 0 Å². The summed E-state index contributed by atoms with van der Waals surface area (Å²) >= 11 is 0. The molecule has 0 saturated heterocycles. The Hall–Kier alpha value is -0.860. The molecule has 1 aromatic carbocycles. The van der Waals surface area contributed by atoms with Crippen LogP contribution in [0.2, 0.25) is 0 Å². The van der Waals surface area contributed by atoms with Gasteiger partial charge in [0.15, 0.2) is 0 Å². The average Bonchev–Trinajstić information content (AvgIpc) is 2.98. The van der Waals surface area contributed by atoms with Gasteiger partial charge in [-0.05, 0) is 36.3 Å². The Morgan fingerprint density at radius 1 is 1.24 bits per heavy atom. The van der Waals surface area contributed by atoms with E-state index in [2.05, 4.69) is 36.5 Å². The smallest absolute Gasteiger partial charge is 0.0344 e. The monoisotopic (exact) mass is 230 g/mol.